The number of fused-ring (bicyclic) bond motifs is 1. The van der Waals surface area contributed by atoms with Crippen molar-refractivity contribution in [3.63, 3.8) is 0 Å². The molecule has 0 spiro atoms. The zero-order chi connectivity index (χ0) is 10.4. The highest BCUT2D eigenvalue weighted by molar-refractivity contribution is 5.26. The molecule has 78 valence electrons. The van der Waals surface area contributed by atoms with E-state index in [2.05, 4.69) is 18.0 Å². The van der Waals surface area contributed by atoms with E-state index in [1.54, 1.807) is 6.20 Å². The fraction of sp³-hybridized carbons (Fsp3) is 0.583. The standard InChI is InChI=1S/C10H13NO.C2H6/c1-8-4-5-9-3-2-6-11-10(9)12-7-8;1-2/h2-3,6,8H,4-5,7H2,1H3;1-2H3. The van der Waals surface area contributed by atoms with Crippen LogP contribution in [0.4, 0.5) is 0 Å². The van der Waals surface area contributed by atoms with Gasteiger partial charge in [0.15, 0.2) is 0 Å². The second-order valence-electron chi connectivity index (χ2n) is 3.42. The minimum atomic E-state index is 0.652. The summed E-state index contributed by atoms with van der Waals surface area (Å²) in [6, 6.07) is 4.07. The van der Waals surface area contributed by atoms with Crippen molar-refractivity contribution in [2.75, 3.05) is 6.61 Å². The van der Waals surface area contributed by atoms with Crippen LogP contribution in [0.1, 0.15) is 32.8 Å². The molecule has 2 heteroatoms. The van der Waals surface area contributed by atoms with Gasteiger partial charge >= 0.3 is 0 Å². The highest BCUT2D eigenvalue weighted by Crippen LogP contribution is 2.22. The Morgan fingerprint density at radius 2 is 2.21 bits per heavy atom. The summed E-state index contributed by atoms with van der Waals surface area (Å²) in [4.78, 5) is 4.19. The Labute approximate surface area is 86.3 Å². The average molecular weight is 193 g/mol. The topological polar surface area (TPSA) is 22.1 Å². The van der Waals surface area contributed by atoms with E-state index >= 15 is 0 Å². The first-order chi connectivity index (χ1) is 6.86. The van der Waals surface area contributed by atoms with E-state index in [-0.39, 0.29) is 0 Å². The summed E-state index contributed by atoms with van der Waals surface area (Å²) < 4.78 is 5.55. The smallest absolute Gasteiger partial charge is 0.216 e. The maximum atomic E-state index is 5.55. The van der Waals surface area contributed by atoms with Gasteiger partial charge in [-0.25, -0.2) is 4.98 Å². The molecular weight excluding hydrogens is 174 g/mol. The molecule has 0 amide bonds. The van der Waals surface area contributed by atoms with E-state index in [1.165, 1.54) is 12.0 Å². The third-order valence-electron chi connectivity index (χ3n) is 2.26. The van der Waals surface area contributed by atoms with Crippen LogP contribution in [-0.2, 0) is 6.42 Å². The molecule has 1 aliphatic heterocycles. The molecule has 1 unspecified atom stereocenters. The van der Waals surface area contributed by atoms with Crippen LogP contribution in [0.5, 0.6) is 5.88 Å². The lowest BCUT2D eigenvalue weighted by atomic mass is 10.0. The van der Waals surface area contributed by atoms with Gasteiger partial charge in [-0.1, -0.05) is 26.8 Å². The normalized spacial score (nSPS) is 19.5. The zero-order valence-electron chi connectivity index (χ0n) is 9.29. The molecule has 1 aromatic heterocycles. The van der Waals surface area contributed by atoms with Gasteiger partial charge in [-0.3, -0.25) is 0 Å². The molecule has 2 rings (SSSR count). The molecule has 2 heterocycles. The fourth-order valence-corrected chi connectivity index (χ4v) is 1.45. The Hall–Kier alpha value is -1.05. The zero-order valence-corrected chi connectivity index (χ0v) is 9.29. The second-order valence-corrected chi connectivity index (χ2v) is 3.42. The van der Waals surface area contributed by atoms with Gasteiger partial charge in [0.25, 0.3) is 0 Å². The molecular formula is C12H19NO. The first-order valence-corrected chi connectivity index (χ1v) is 5.43. The first-order valence-electron chi connectivity index (χ1n) is 5.43. The van der Waals surface area contributed by atoms with Gasteiger partial charge in [0, 0.05) is 11.8 Å². The van der Waals surface area contributed by atoms with E-state index in [1.807, 2.05) is 19.9 Å². The molecule has 0 aliphatic carbocycles. The number of ether oxygens (including phenoxy) is 1. The highest BCUT2D eigenvalue weighted by Gasteiger charge is 2.13. The lowest BCUT2D eigenvalue weighted by molar-refractivity contribution is 0.256. The lowest BCUT2D eigenvalue weighted by Gasteiger charge is -2.05. The molecule has 0 aromatic carbocycles. The Kier molecular flexibility index (Phi) is 4.44. The quantitative estimate of drug-likeness (QED) is 0.631. The lowest BCUT2D eigenvalue weighted by Crippen LogP contribution is -2.05. The molecule has 0 bridgehead atoms. The van der Waals surface area contributed by atoms with Crippen molar-refractivity contribution in [1.82, 2.24) is 4.98 Å². The van der Waals surface area contributed by atoms with Crippen molar-refractivity contribution in [3.05, 3.63) is 23.9 Å². The predicted octanol–water partition coefficient (Wildman–Crippen LogP) is 3.07. The molecule has 0 saturated heterocycles. The third kappa shape index (κ3) is 2.72. The Morgan fingerprint density at radius 1 is 1.43 bits per heavy atom. The van der Waals surface area contributed by atoms with Crippen molar-refractivity contribution in [2.45, 2.75) is 33.6 Å². The highest BCUT2D eigenvalue weighted by atomic mass is 16.5. The van der Waals surface area contributed by atoms with Gasteiger partial charge < -0.3 is 4.74 Å². The van der Waals surface area contributed by atoms with Crippen LogP contribution in [-0.4, -0.2) is 11.6 Å². The Morgan fingerprint density at radius 3 is 3.00 bits per heavy atom. The Balaban J connectivity index is 0.000000461. The van der Waals surface area contributed by atoms with Crippen LogP contribution in [0.2, 0.25) is 0 Å². The van der Waals surface area contributed by atoms with Crippen LogP contribution in [0, 0.1) is 5.92 Å². The first kappa shape index (κ1) is 11.0. The molecule has 0 N–H and O–H groups in total. The van der Waals surface area contributed by atoms with Gasteiger partial charge in [-0.05, 0) is 24.8 Å². The van der Waals surface area contributed by atoms with Crippen LogP contribution >= 0.6 is 0 Å². The number of hydrogen-bond donors (Lipinski definition) is 0. The number of hydrogen-bond acceptors (Lipinski definition) is 2. The number of nitrogens with zero attached hydrogens (tertiary/aromatic N) is 1. The van der Waals surface area contributed by atoms with Gasteiger partial charge in [-0.15, -0.1) is 0 Å². The Bertz CT molecular complexity index is 246. The van der Waals surface area contributed by atoms with Crippen molar-refractivity contribution < 1.29 is 4.74 Å². The predicted molar refractivity (Wildman–Crippen MR) is 58.6 cm³/mol. The molecule has 1 aliphatic rings. The third-order valence-corrected chi connectivity index (χ3v) is 2.26. The molecule has 1 atom stereocenters. The van der Waals surface area contributed by atoms with Gasteiger partial charge in [0.2, 0.25) is 5.88 Å². The van der Waals surface area contributed by atoms with Crippen molar-refractivity contribution >= 4 is 0 Å². The summed E-state index contributed by atoms with van der Waals surface area (Å²) in [5.74, 6) is 1.49. The summed E-state index contributed by atoms with van der Waals surface area (Å²) in [5, 5.41) is 0. The van der Waals surface area contributed by atoms with Gasteiger partial charge in [0.05, 0.1) is 6.61 Å². The largest absolute Gasteiger partial charge is 0.477 e. The summed E-state index contributed by atoms with van der Waals surface area (Å²) in [7, 11) is 0. The van der Waals surface area contributed by atoms with Crippen molar-refractivity contribution in [1.29, 1.82) is 0 Å². The number of aryl methyl sites for hydroxylation is 1. The van der Waals surface area contributed by atoms with Crippen LogP contribution in [0.15, 0.2) is 18.3 Å². The average Bonchev–Trinajstić information content (AvgIpc) is 2.45. The van der Waals surface area contributed by atoms with E-state index in [0.29, 0.717) is 5.92 Å². The minimum absolute atomic E-state index is 0.652. The van der Waals surface area contributed by atoms with Gasteiger partial charge in [0.1, 0.15) is 0 Å². The molecule has 2 nitrogen and oxygen atoms in total. The van der Waals surface area contributed by atoms with Crippen LogP contribution < -0.4 is 4.74 Å². The van der Waals surface area contributed by atoms with Crippen molar-refractivity contribution in [2.24, 2.45) is 5.92 Å². The monoisotopic (exact) mass is 193 g/mol. The SMILES string of the molecule is CC.CC1CCc2cccnc2OC1. The van der Waals surface area contributed by atoms with E-state index in [4.69, 9.17) is 4.74 Å². The number of pyridine rings is 1. The minimum Gasteiger partial charge on any atom is -0.477 e. The fourth-order valence-electron chi connectivity index (χ4n) is 1.45. The summed E-state index contributed by atoms with van der Waals surface area (Å²) in [6.07, 6.45) is 4.10. The van der Waals surface area contributed by atoms with Crippen LogP contribution in [0.25, 0.3) is 0 Å². The second kappa shape index (κ2) is 5.63. The summed E-state index contributed by atoms with van der Waals surface area (Å²) in [5.41, 5.74) is 1.25. The molecule has 0 saturated carbocycles. The molecule has 1 aromatic rings. The molecule has 0 fully saturated rings. The van der Waals surface area contributed by atoms with Crippen LogP contribution in [0.3, 0.4) is 0 Å². The number of rotatable bonds is 0. The molecule has 14 heavy (non-hydrogen) atoms. The van der Waals surface area contributed by atoms with E-state index < -0.39 is 0 Å². The van der Waals surface area contributed by atoms with Crippen molar-refractivity contribution in [3.8, 4) is 5.88 Å². The van der Waals surface area contributed by atoms with Gasteiger partial charge in [-0.2, -0.15) is 0 Å². The maximum absolute atomic E-state index is 5.55. The maximum Gasteiger partial charge on any atom is 0.216 e. The summed E-state index contributed by atoms with van der Waals surface area (Å²) >= 11 is 0. The molecule has 0 radical (unpaired) electrons. The number of aromatic nitrogens is 1. The van der Waals surface area contributed by atoms with E-state index in [9.17, 15) is 0 Å². The summed E-state index contributed by atoms with van der Waals surface area (Å²) in [6.45, 7) is 7.02. The van der Waals surface area contributed by atoms with E-state index in [0.717, 1.165) is 18.9 Å².